The minimum Gasteiger partial charge on any atom is -0.356 e. The maximum atomic E-state index is 12.8. The van der Waals surface area contributed by atoms with Crippen molar-refractivity contribution in [3.8, 4) is 0 Å². The van der Waals surface area contributed by atoms with Crippen LogP contribution in [-0.2, 0) is 0 Å². The van der Waals surface area contributed by atoms with E-state index in [9.17, 15) is 13.2 Å². The van der Waals surface area contributed by atoms with Gasteiger partial charge in [0.25, 0.3) is 0 Å². The lowest BCUT2D eigenvalue weighted by Gasteiger charge is -2.40. The third-order valence-corrected chi connectivity index (χ3v) is 5.45. The number of halogens is 3. The van der Waals surface area contributed by atoms with Crippen molar-refractivity contribution in [2.45, 2.75) is 38.9 Å². The van der Waals surface area contributed by atoms with Gasteiger partial charge in [0.2, 0.25) is 0 Å². The Labute approximate surface area is 149 Å². The molecule has 0 aromatic heterocycles. The lowest BCUT2D eigenvalue weighted by atomic mass is 9.98. The number of rotatable bonds is 4. The number of piperazine rings is 1. The van der Waals surface area contributed by atoms with Gasteiger partial charge in [0.1, 0.15) is 6.04 Å². The van der Waals surface area contributed by atoms with E-state index >= 15 is 0 Å². The van der Waals surface area contributed by atoms with Crippen LogP contribution in [0.1, 0.15) is 26.7 Å². The summed E-state index contributed by atoms with van der Waals surface area (Å²) in [6.45, 7) is 9.66. The quantitative estimate of drug-likeness (QED) is 0.611. The molecule has 0 radical (unpaired) electrons. The van der Waals surface area contributed by atoms with Crippen molar-refractivity contribution in [3.63, 3.8) is 0 Å². The molecule has 2 fully saturated rings. The number of guanidine groups is 1. The molecule has 2 unspecified atom stereocenters. The molecular weight excluding hydrogens is 331 g/mol. The molecule has 2 rings (SSSR count). The molecule has 0 aromatic rings. The molecule has 0 saturated carbocycles. The molecular formula is C17H32F3N5. The highest BCUT2D eigenvalue weighted by atomic mass is 19.4. The molecule has 2 aliphatic heterocycles. The highest BCUT2D eigenvalue weighted by molar-refractivity contribution is 5.80. The van der Waals surface area contributed by atoms with E-state index in [4.69, 9.17) is 0 Å². The number of nitrogens with one attached hydrogen (secondary N) is 1. The Hall–Kier alpha value is -1.02. The van der Waals surface area contributed by atoms with Gasteiger partial charge in [-0.15, -0.1) is 0 Å². The van der Waals surface area contributed by atoms with Crippen LogP contribution < -0.4 is 5.32 Å². The van der Waals surface area contributed by atoms with Crippen molar-refractivity contribution in [2.24, 2.45) is 10.9 Å². The van der Waals surface area contributed by atoms with Crippen LogP contribution in [0, 0.1) is 5.92 Å². The van der Waals surface area contributed by atoms with Gasteiger partial charge in [-0.25, -0.2) is 0 Å². The smallest absolute Gasteiger partial charge is 0.356 e. The first-order valence-electron chi connectivity index (χ1n) is 9.33. The fourth-order valence-corrected chi connectivity index (χ4v) is 3.70. The van der Waals surface area contributed by atoms with Crippen molar-refractivity contribution < 1.29 is 13.2 Å². The van der Waals surface area contributed by atoms with Crippen LogP contribution in [0.4, 0.5) is 13.2 Å². The SMILES string of the molecule is CCN1CCCC(CNC(=NC)N2CCN(C(C)C(F)(F)F)CC2)C1. The second-order valence-corrected chi connectivity index (χ2v) is 7.07. The molecule has 0 amide bonds. The van der Waals surface area contributed by atoms with Crippen molar-refractivity contribution in [1.29, 1.82) is 0 Å². The molecule has 25 heavy (non-hydrogen) atoms. The molecule has 0 spiro atoms. The zero-order chi connectivity index (χ0) is 18.4. The minimum atomic E-state index is -4.16. The number of hydrogen-bond donors (Lipinski definition) is 1. The largest absolute Gasteiger partial charge is 0.403 e. The maximum absolute atomic E-state index is 12.8. The average molecular weight is 363 g/mol. The third kappa shape index (κ3) is 5.74. The summed E-state index contributed by atoms with van der Waals surface area (Å²) in [5.41, 5.74) is 0. The van der Waals surface area contributed by atoms with E-state index in [1.54, 1.807) is 7.05 Å². The van der Waals surface area contributed by atoms with Crippen LogP contribution in [0.5, 0.6) is 0 Å². The van der Waals surface area contributed by atoms with E-state index in [-0.39, 0.29) is 0 Å². The molecule has 2 saturated heterocycles. The molecule has 0 aliphatic carbocycles. The van der Waals surface area contributed by atoms with Gasteiger partial charge < -0.3 is 15.1 Å². The monoisotopic (exact) mass is 363 g/mol. The summed E-state index contributed by atoms with van der Waals surface area (Å²) in [5.74, 6) is 1.42. The van der Waals surface area contributed by atoms with Crippen LogP contribution in [0.25, 0.3) is 0 Å². The molecule has 0 aromatic carbocycles. The fourth-order valence-electron chi connectivity index (χ4n) is 3.70. The highest BCUT2D eigenvalue weighted by Gasteiger charge is 2.41. The van der Waals surface area contributed by atoms with Crippen molar-refractivity contribution in [1.82, 2.24) is 20.0 Å². The molecule has 2 heterocycles. The predicted molar refractivity (Wildman–Crippen MR) is 94.9 cm³/mol. The summed E-state index contributed by atoms with van der Waals surface area (Å²) >= 11 is 0. The standard InChI is InChI=1S/C17H32F3N5/c1-4-23-7-5-6-15(13-23)12-22-16(21-3)25-10-8-24(9-11-25)14(2)17(18,19)20/h14-15H,4-13H2,1-3H3,(H,21,22). The van der Waals surface area contributed by atoms with Crippen molar-refractivity contribution >= 4 is 5.96 Å². The zero-order valence-electron chi connectivity index (χ0n) is 15.6. The Morgan fingerprint density at radius 3 is 2.44 bits per heavy atom. The lowest BCUT2D eigenvalue weighted by molar-refractivity contribution is -0.181. The molecule has 146 valence electrons. The van der Waals surface area contributed by atoms with E-state index in [0.29, 0.717) is 32.1 Å². The fraction of sp³-hybridized carbons (Fsp3) is 0.941. The topological polar surface area (TPSA) is 34.1 Å². The molecule has 2 aliphatic rings. The average Bonchev–Trinajstić information content (AvgIpc) is 2.61. The van der Waals surface area contributed by atoms with Gasteiger partial charge in [-0.3, -0.25) is 9.89 Å². The van der Waals surface area contributed by atoms with E-state index in [0.717, 1.165) is 25.6 Å². The molecule has 1 N–H and O–H groups in total. The number of nitrogens with zero attached hydrogens (tertiary/aromatic N) is 4. The zero-order valence-corrected chi connectivity index (χ0v) is 15.6. The van der Waals surface area contributed by atoms with E-state index in [1.807, 2.05) is 0 Å². The normalized spacial score (nSPS) is 25.9. The van der Waals surface area contributed by atoms with Gasteiger partial charge in [-0.2, -0.15) is 13.2 Å². The van der Waals surface area contributed by atoms with Gasteiger partial charge in [0.15, 0.2) is 5.96 Å². The lowest BCUT2D eigenvalue weighted by Crippen LogP contribution is -2.57. The predicted octanol–water partition coefficient (Wildman–Crippen LogP) is 1.86. The Bertz CT molecular complexity index is 432. The van der Waals surface area contributed by atoms with Crippen LogP contribution in [-0.4, -0.2) is 92.3 Å². The third-order valence-electron chi connectivity index (χ3n) is 5.45. The Kier molecular flexibility index (Phi) is 7.37. The summed E-state index contributed by atoms with van der Waals surface area (Å²) < 4.78 is 38.5. The van der Waals surface area contributed by atoms with Crippen LogP contribution in [0.15, 0.2) is 4.99 Å². The van der Waals surface area contributed by atoms with Gasteiger partial charge in [0.05, 0.1) is 0 Å². The number of piperidine rings is 1. The Morgan fingerprint density at radius 1 is 1.20 bits per heavy atom. The second kappa shape index (κ2) is 9.07. The summed E-state index contributed by atoms with van der Waals surface area (Å²) in [7, 11) is 1.74. The van der Waals surface area contributed by atoms with Crippen LogP contribution in [0.2, 0.25) is 0 Å². The molecule has 0 bridgehead atoms. The molecule has 8 heteroatoms. The van der Waals surface area contributed by atoms with Crippen LogP contribution in [0.3, 0.4) is 0 Å². The highest BCUT2D eigenvalue weighted by Crippen LogP contribution is 2.25. The summed E-state index contributed by atoms with van der Waals surface area (Å²) in [4.78, 5) is 10.4. The van der Waals surface area contributed by atoms with Gasteiger partial charge in [-0.1, -0.05) is 6.92 Å². The Morgan fingerprint density at radius 2 is 1.88 bits per heavy atom. The van der Waals surface area contributed by atoms with Gasteiger partial charge >= 0.3 is 6.18 Å². The summed E-state index contributed by atoms with van der Waals surface area (Å²) in [5, 5.41) is 3.44. The van der Waals surface area contributed by atoms with Crippen LogP contribution >= 0.6 is 0 Å². The first-order valence-corrected chi connectivity index (χ1v) is 9.33. The number of aliphatic imine (C=N–C) groups is 1. The van der Waals surface area contributed by atoms with E-state index < -0.39 is 12.2 Å². The van der Waals surface area contributed by atoms with E-state index in [2.05, 4.69) is 27.0 Å². The van der Waals surface area contributed by atoms with Gasteiger partial charge in [0, 0.05) is 46.3 Å². The minimum absolute atomic E-state index is 0.411. The van der Waals surface area contributed by atoms with Crippen molar-refractivity contribution in [2.75, 3.05) is 59.4 Å². The number of alkyl halides is 3. The summed E-state index contributed by atoms with van der Waals surface area (Å²) in [6, 6.07) is -1.38. The summed E-state index contributed by atoms with van der Waals surface area (Å²) in [6.07, 6.45) is -1.71. The second-order valence-electron chi connectivity index (χ2n) is 7.07. The molecule has 5 nitrogen and oxygen atoms in total. The van der Waals surface area contributed by atoms with E-state index in [1.165, 1.54) is 31.2 Å². The maximum Gasteiger partial charge on any atom is 0.403 e. The van der Waals surface area contributed by atoms with Crippen molar-refractivity contribution in [3.05, 3.63) is 0 Å². The molecule has 2 atom stereocenters. The number of hydrogen-bond acceptors (Lipinski definition) is 3. The first-order chi connectivity index (χ1) is 11.8. The van der Waals surface area contributed by atoms with Gasteiger partial charge in [-0.05, 0) is 38.8 Å². The Balaban J connectivity index is 1.78. The first kappa shape index (κ1) is 20.3. The number of likely N-dealkylation sites (tertiary alicyclic amines) is 1.